The van der Waals surface area contributed by atoms with Crippen molar-refractivity contribution in [2.24, 2.45) is 5.92 Å². The molecule has 4 rings (SSSR count). The molecule has 0 saturated carbocycles. The van der Waals surface area contributed by atoms with Crippen LogP contribution in [0, 0.1) is 5.92 Å². The van der Waals surface area contributed by atoms with Crippen LogP contribution in [0.4, 0.5) is 5.82 Å². The van der Waals surface area contributed by atoms with Crippen LogP contribution in [-0.4, -0.2) is 29.0 Å². The number of carbonyl (C=O) groups excluding carboxylic acids is 1. The van der Waals surface area contributed by atoms with Crippen LogP contribution in [0.25, 0.3) is 0 Å². The summed E-state index contributed by atoms with van der Waals surface area (Å²) in [5.74, 6) is 0.881. The number of hydrogen-bond acceptors (Lipinski definition) is 5. The van der Waals surface area contributed by atoms with Crippen LogP contribution < -0.4 is 10.2 Å². The van der Waals surface area contributed by atoms with Crippen molar-refractivity contribution in [1.29, 1.82) is 0 Å². The van der Waals surface area contributed by atoms with Gasteiger partial charge in [-0.05, 0) is 29.5 Å². The first-order valence-corrected chi connectivity index (χ1v) is 10.8. The first-order chi connectivity index (χ1) is 15.3. The van der Waals surface area contributed by atoms with Gasteiger partial charge < -0.3 is 15.0 Å². The van der Waals surface area contributed by atoms with Gasteiger partial charge in [0.15, 0.2) is 0 Å². The molecule has 0 spiro atoms. The lowest BCUT2D eigenvalue weighted by Gasteiger charge is -2.32. The highest BCUT2D eigenvalue weighted by molar-refractivity contribution is 5.79. The first-order valence-electron chi connectivity index (χ1n) is 10.8. The van der Waals surface area contributed by atoms with Crippen LogP contribution in [0.3, 0.4) is 0 Å². The van der Waals surface area contributed by atoms with Crippen LogP contribution in [0.15, 0.2) is 73.2 Å². The minimum absolute atomic E-state index is 0.0442. The fraction of sp³-hybridized carbons (Fsp3) is 0.320. The van der Waals surface area contributed by atoms with Crippen LogP contribution >= 0.6 is 0 Å². The Kier molecular flexibility index (Phi) is 7.24. The highest BCUT2D eigenvalue weighted by atomic mass is 16.5. The molecule has 3 aromatic rings. The number of nitrogens with one attached hydrogen (secondary N) is 1. The molecule has 1 aliphatic rings. The van der Waals surface area contributed by atoms with Gasteiger partial charge in [-0.2, -0.15) is 0 Å². The van der Waals surface area contributed by atoms with Crippen molar-refractivity contribution >= 4 is 11.7 Å². The number of hydrogen-bond donors (Lipinski definition) is 1. The Morgan fingerprint density at radius 2 is 1.84 bits per heavy atom. The molecule has 0 aliphatic carbocycles. The molecule has 1 saturated heterocycles. The van der Waals surface area contributed by atoms with E-state index >= 15 is 0 Å². The molecule has 1 N–H and O–H groups in total. The van der Waals surface area contributed by atoms with Gasteiger partial charge in [0.05, 0.1) is 25.3 Å². The minimum atomic E-state index is -0.0442. The third-order valence-electron chi connectivity index (χ3n) is 5.61. The van der Waals surface area contributed by atoms with Gasteiger partial charge in [-0.1, -0.05) is 54.6 Å². The Morgan fingerprint density at radius 3 is 2.65 bits per heavy atom. The third kappa shape index (κ3) is 5.89. The zero-order chi connectivity index (χ0) is 21.3. The summed E-state index contributed by atoms with van der Waals surface area (Å²) in [5, 5.41) is 3.13. The Labute approximate surface area is 183 Å². The zero-order valence-electron chi connectivity index (χ0n) is 17.6. The highest BCUT2D eigenvalue weighted by Crippen LogP contribution is 2.21. The van der Waals surface area contributed by atoms with Crippen molar-refractivity contribution in [3.05, 3.63) is 89.9 Å². The zero-order valence-corrected chi connectivity index (χ0v) is 17.6. The summed E-state index contributed by atoms with van der Waals surface area (Å²) in [7, 11) is 0. The quantitative estimate of drug-likeness (QED) is 0.606. The summed E-state index contributed by atoms with van der Waals surface area (Å²) in [6, 6.07) is 18.3. The molecule has 2 heterocycles. The lowest BCUT2D eigenvalue weighted by molar-refractivity contribution is -0.125. The van der Waals surface area contributed by atoms with Crippen molar-refractivity contribution < 1.29 is 9.53 Å². The van der Waals surface area contributed by atoms with Gasteiger partial charge in [-0.15, -0.1) is 0 Å². The first kappa shape index (κ1) is 21.0. The second-order valence-electron chi connectivity index (χ2n) is 7.81. The fourth-order valence-corrected chi connectivity index (χ4v) is 3.90. The van der Waals surface area contributed by atoms with E-state index in [4.69, 9.17) is 4.74 Å². The minimum Gasteiger partial charge on any atom is -0.372 e. The summed E-state index contributed by atoms with van der Waals surface area (Å²) >= 11 is 0. The van der Waals surface area contributed by atoms with Crippen LogP contribution in [0.5, 0.6) is 0 Å². The van der Waals surface area contributed by atoms with Crippen molar-refractivity contribution in [2.45, 2.75) is 32.6 Å². The van der Waals surface area contributed by atoms with Gasteiger partial charge in [-0.25, -0.2) is 4.98 Å². The summed E-state index contributed by atoms with van der Waals surface area (Å²) in [6.45, 7) is 3.18. The van der Waals surface area contributed by atoms with Gasteiger partial charge in [-0.3, -0.25) is 9.78 Å². The molecule has 1 aliphatic heterocycles. The third-order valence-corrected chi connectivity index (χ3v) is 5.61. The Hall–Kier alpha value is -3.25. The van der Waals surface area contributed by atoms with Crippen molar-refractivity contribution in [2.75, 3.05) is 18.0 Å². The Bertz CT molecular complexity index is 966. The van der Waals surface area contributed by atoms with Crippen LogP contribution in [0.1, 0.15) is 29.5 Å². The van der Waals surface area contributed by atoms with Gasteiger partial charge in [0.25, 0.3) is 0 Å². The van der Waals surface area contributed by atoms with E-state index in [0.29, 0.717) is 26.3 Å². The molecule has 1 amide bonds. The van der Waals surface area contributed by atoms with E-state index in [9.17, 15) is 4.79 Å². The number of anilines is 1. The number of benzene rings is 2. The average Bonchev–Trinajstić information content (AvgIpc) is 2.84. The monoisotopic (exact) mass is 416 g/mol. The fourth-order valence-electron chi connectivity index (χ4n) is 3.90. The highest BCUT2D eigenvalue weighted by Gasteiger charge is 2.26. The van der Waals surface area contributed by atoms with E-state index in [1.807, 2.05) is 36.4 Å². The number of aromatic nitrogens is 2. The lowest BCUT2D eigenvalue weighted by atomic mass is 9.97. The summed E-state index contributed by atoms with van der Waals surface area (Å²) in [4.78, 5) is 23.5. The molecule has 0 radical (unpaired) electrons. The normalized spacial score (nSPS) is 16.1. The van der Waals surface area contributed by atoms with E-state index in [0.717, 1.165) is 41.9 Å². The molecule has 160 valence electrons. The Balaban J connectivity index is 1.30. The molecular formula is C25H28N4O2. The smallest absolute Gasteiger partial charge is 0.225 e. The van der Waals surface area contributed by atoms with Crippen LogP contribution in [-0.2, 0) is 29.3 Å². The van der Waals surface area contributed by atoms with E-state index in [1.54, 1.807) is 18.6 Å². The predicted molar refractivity (Wildman–Crippen MR) is 120 cm³/mol. The molecule has 0 bridgehead atoms. The van der Waals surface area contributed by atoms with Crippen LogP contribution in [0.2, 0.25) is 0 Å². The second-order valence-corrected chi connectivity index (χ2v) is 7.81. The predicted octanol–water partition coefficient (Wildman–Crippen LogP) is 3.73. The summed E-state index contributed by atoms with van der Waals surface area (Å²) in [6.07, 6.45) is 6.98. The number of ether oxygens (including phenoxy) is 1. The maximum Gasteiger partial charge on any atom is 0.225 e. The van der Waals surface area contributed by atoms with E-state index in [2.05, 4.69) is 38.4 Å². The maximum absolute atomic E-state index is 12.9. The van der Waals surface area contributed by atoms with Crippen molar-refractivity contribution in [3.8, 4) is 0 Å². The number of nitrogens with zero attached hydrogens (tertiary/aromatic N) is 3. The number of carbonyl (C=O) groups is 1. The van der Waals surface area contributed by atoms with Crippen molar-refractivity contribution in [1.82, 2.24) is 15.3 Å². The number of amides is 1. The molecule has 31 heavy (non-hydrogen) atoms. The molecule has 1 unspecified atom stereocenters. The van der Waals surface area contributed by atoms with E-state index in [1.165, 1.54) is 0 Å². The molecule has 6 heteroatoms. The largest absolute Gasteiger partial charge is 0.372 e. The molecule has 2 aromatic carbocycles. The summed E-state index contributed by atoms with van der Waals surface area (Å²) in [5.41, 5.74) is 3.34. The Morgan fingerprint density at radius 1 is 1.03 bits per heavy atom. The van der Waals surface area contributed by atoms with Crippen molar-refractivity contribution in [3.63, 3.8) is 0 Å². The molecule has 1 aromatic heterocycles. The topological polar surface area (TPSA) is 67.3 Å². The van der Waals surface area contributed by atoms with Gasteiger partial charge in [0.2, 0.25) is 5.91 Å². The van der Waals surface area contributed by atoms with Gasteiger partial charge >= 0.3 is 0 Å². The van der Waals surface area contributed by atoms with Gasteiger partial charge in [0.1, 0.15) is 5.82 Å². The number of piperidine rings is 1. The van der Waals surface area contributed by atoms with E-state index < -0.39 is 0 Å². The molecule has 1 atom stereocenters. The second kappa shape index (κ2) is 10.7. The lowest BCUT2D eigenvalue weighted by Crippen LogP contribution is -2.43. The molecular weight excluding hydrogens is 388 g/mol. The maximum atomic E-state index is 12.9. The van der Waals surface area contributed by atoms with E-state index in [-0.39, 0.29) is 11.8 Å². The van der Waals surface area contributed by atoms with Gasteiger partial charge in [0, 0.05) is 32.0 Å². The molecule has 6 nitrogen and oxygen atoms in total. The standard InChI is InChI=1S/C25H28N4O2/c30-25(22-11-6-14-29(17-22)24-16-26-12-13-27-24)28-15-21-9-4-5-10-23(21)19-31-18-20-7-2-1-3-8-20/h1-5,7-10,12-13,16,22H,6,11,14-15,17-19H2,(H,28,30). The number of rotatable bonds is 8. The average molecular weight is 417 g/mol. The SMILES string of the molecule is O=C(NCc1ccccc1COCc1ccccc1)C1CCCN(c2cnccn2)C1. The summed E-state index contributed by atoms with van der Waals surface area (Å²) < 4.78 is 5.90. The molecule has 1 fully saturated rings.